The van der Waals surface area contributed by atoms with Crippen molar-refractivity contribution >= 4 is 21.6 Å². The lowest BCUT2D eigenvalue weighted by Crippen LogP contribution is -2.26. The van der Waals surface area contributed by atoms with Crippen molar-refractivity contribution in [3.05, 3.63) is 53.6 Å². The number of anilines is 1. The zero-order valence-corrected chi connectivity index (χ0v) is 17.5. The Kier molecular flexibility index (Phi) is 8.40. The third-order valence-corrected chi connectivity index (χ3v) is 5.51. The molecule has 164 valence electrons. The first-order valence-electron chi connectivity index (χ1n) is 9.24. The second-order valence-electron chi connectivity index (χ2n) is 6.37. The Labute approximate surface area is 174 Å². The molecule has 0 aliphatic carbocycles. The molecule has 0 saturated heterocycles. The van der Waals surface area contributed by atoms with Crippen molar-refractivity contribution in [2.45, 2.75) is 26.4 Å². The lowest BCUT2D eigenvalue weighted by atomic mass is 10.1. The van der Waals surface area contributed by atoms with Crippen LogP contribution in [0.1, 0.15) is 29.3 Å². The van der Waals surface area contributed by atoms with Gasteiger partial charge in [-0.25, -0.2) is 8.42 Å². The third-order valence-electron chi connectivity index (χ3n) is 4.01. The molecule has 0 unspecified atom stereocenters. The molecule has 7 nitrogen and oxygen atoms in total. The fraction of sp³-hybridized carbons (Fsp3) is 0.350. The fourth-order valence-electron chi connectivity index (χ4n) is 2.71. The van der Waals surface area contributed by atoms with Gasteiger partial charge in [-0.15, -0.1) is 0 Å². The summed E-state index contributed by atoms with van der Waals surface area (Å²) in [5.74, 6) is -0.291. The topological polar surface area (TPSA) is 93.7 Å². The van der Waals surface area contributed by atoms with Crippen molar-refractivity contribution in [1.82, 2.24) is 5.32 Å². The number of alkyl halides is 2. The van der Waals surface area contributed by atoms with Crippen molar-refractivity contribution in [3.63, 3.8) is 0 Å². The van der Waals surface area contributed by atoms with Crippen molar-refractivity contribution in [2.75, 3.05) is 24.1 Å². The van der Waals surface area contributed by atoms with Gasteiger partial charge < -0.3 is 14.8 Å². The zero-order chi connectivity index (χ0) is 22.1. The molecule has 10 heteroatoms. The van der Waals surface area contributed by atoms with Crippen LogP contribution in [0.15, 0.2) is 42.5 Å². The molecular weight excluding hydrogens is 418 g/mol. The first kappa shape index (κ1) is 23.4. The van der Waals surface area contributed by atoms with E-state index in [1.807, 2.05) is 0 Å². The van der Waals surface area contributed by atoms with Crippen LogP contribution in [0.3, 0.4) is 0 Å². The first-order chi connectivity index (χ1) is 14.2. The predicted octanol–water partition coefficient (Wildman–Crippen LogP) is 3.42. The summed E-state index contributed by atoms with van der Waals surface area (Å²) in [7, 11) is -2.10. The third kappa shape index (κ3) is 7.18. The summed E-state index contributed by atoms with van der Waals surface area (Å²) in [6.07, 6.45) is 0.850. The van der Waals surface area contributed by atoms with Gasteiger partial charge in [0.25, 0.3) is 5.91 Å². The molecule has 2 aromatic rings. The van der Waals surface area contributed by atoms with Gasteiger partial charge in [-0.05, 0) is 48.7 Å². The Balaban J connectivity index is 1.97. The SMILES string of the molecule is CCCS(=O)(=O)Nc1cccc(C(=O)NCCc2ccc(OC)c(OC(F)F)c2)c1. The van der Waals surface area contributed by atoms with Gasteiger partial charge in [0.1, 0.15) is 0 Å². The normalized spacial score (nSPS) is 11.2. The fourth-order valence-corrected chi connectivity index (χ4v) is 3.84. The number of sulfonamides is 1. The van der Waals surface area contributed by atoms with E-state index >= 15 is 0 Å². The minimum atomic E-state index is -3.46. The van der Waals surface area contributed by atoms with E-state index < -0.39 is 16.6 Å². The molecule has 0 spiro atoms. The zero-order valence-electron chi connectivity index (χ0n) is 16.7. The van der Waals surface area contributed by atoms with Gasteiger partial charge in [0, 0.05) is 17.8 Å². The molecule has 0 heterocycles. The van der Waals surface area contributed by atoms with Crippen molar-refractivity contribution in [3.8, 4) is 11.5 Å². The number of ether oxygens (including phenoxy) is 2. The molecule has 1 amide bonds. The van der Waals surface area contributed by atoms with Crippen LogP contribution in [0, 0.1) is 0 Å². The number of hydrogen-bond acceptors (Lipinski definition) is 5. The summed E-state index contributed by atoms with van der Waals surface area (Å²) >= 11 is 0. The summed E-state index contributed by atoms with van der Waals surface area (Å²) < 4.78 is 60.6. The van der Waals surface area contributed by atoms with Gasteiger partial charge in [0.2, 0.25) is 10.0 Å². The van der Waals surface area contributed by atoms with Gasteiger partial charge in [-0.2, -0.15) is 8.78 Å². The molecular formula is C20H24F2N2O5S. The van der Waals surface area contributed by atoms with Crippen molar-refractivity contribution in [1.29, 1.82) is 0 Å². The molecule has 2 aromatic carbocycles. The van der Waals surface area contributed by atoms with Crippen LogP contribution in [0.5, 0.6) is 11.5 Å². The van der Waals surface area contributed by atoms with E-state index in [4.69, 9.17) is 4.74 Å². The second kappa shape index (κ2) is 10.8. The highest BCUT2D eigenvalue weighted by atomic mass is 32.2. The Morgan fingerprint density at radius 1 is 1.13 bits per heavy atom. The molecule has 0 aliphatic rings. The number of carbonyl (C=O) groups excluding carboxylic acids is 1. The maximum absolute atomic E-state index is 12.5. The van der Waals surface area contributed by atoms with E-state index in [-0.39, 0.29) is 29.7 Å². The second-order valence-corrected chi connectivity index (χ2v) is 8.21. The maximum Gasteiger partial charge on any atom is 0.387 e. The van der Waals surface area contributed by atoms with E-state index in [0.29, 0.717) is 29.7 Å². The highest BCUT2D eigenvalue weighted by Crippen LogP contribution is 2.29. The highest BCUT2D eigenvalue weighted by molar-refractivity contribution is 7.92. The number of benzene rings is 2. The summed E-state index contributed by atoms with van der Waals surface area (Å²) in [5, 5.41) is 2.72. The minimum absolute atomic E-state index is 0.0114. The molecule has 0 bridgehead atoms. The number of carbonyl (C=O) groups is 1. The molecule has 0 fully saturated rings. The number of hydrogen-bond donors (Lipinski definition) is 2. The number of methoxy groups -OCH3 is 1. The van der Waals surface area contributed by atoms with Crippen LogP contribution in [0.25, 0.3) is 0 Å². The lowest BCUT2D eigenvalue weighted by molar-refractivity contribution is -0.0512. The molecule has 0 aromatic heterocycles. The van der Waals surface area contributed by atoms with Crippen LogP contribution in [0.4, 0.5) is 14.5 Å². The Morgan fingerprint density at radius 3 is 2.57 bits per heavy atom. The van der Waals surface area contributed by atoms with E-state index in [9.17, 15) is 22.0 Å². The summed E-state index contributed by atoms with van der Waals surface area (Å²) in [6.45, 7) is -0.976. The summed E-state index contributed by atoms with van der Waals surface area (Å²) in [5.41, 5.74) is 1.27. The smallest absolute Gasteiger partial charge is 0.387 e. The van der Waals surface area contributed by atoms with Gasteiger partial charge in [-0.1, -0.05) is 19.1 Å². The quantitative estimate of drug-likeness (QED) is 0.556. The number of rotatable bonds is 11. The Morgan fingerprint density at radius 2 is 1.90 bits per heavy atom. The number of halogens is 2. The molecule has 30 heavy (non-hydrogen) atoms. The van der Waals surface area contributed by atoms with Crippen LogP contribution in [0.2, 0.25) is 0 Å². The van der Waals surface area contributed by atoms with E-state index in [1.165, 1.54) is 25.3 Å². The first-order valence-corrected chi connectivity index (χ1v) is 10.9. The standard InChI is InChI=1S/C20H24F2N2O5S/c1-3-11-30(26,27)24-16-6-4-5-15(13-16)19(25)23-10-9-14-7-8-17(28-2)18(12-14)29-20(21)22/h4-8,12-13,20,24H,3,9-11H2,1-2H3,(H,23,25). The molecule has 2 N–H and O–H groups in total. The van der Waals surface area contributed by atoms with Crippen molar-refractivity contribution in [2.24, 2.45) is 0 Å². The average molecular weight is 442 g/mol. The van der Waals surface area contributed by atoms with Gasteiger partial charge >= 0.3 is 6.61 Å². The lowest BCUT2D eigenvalue weighted by Gasteiger charge is -2.12. The largest absolute Gasteiger partial charge is 0.493 e. The molecule has 2 rings (SSSR count). The highest BCUT2D eigenvalue weighted by Gasteiger charge is 2.13. The van der Waals surface area contributed by atoms with Gasteiger partial charge in [0.15, 0.2) is 11.5 Å². The van der Waals surface area contributed by atoms with Crippen molar-refractivity contribution < 1.29 is 31.5 Å². The molecule has 0 saturated carbocycles. The number of amides is 1. The van der Waals surface area contributed by atoms with Gasteiger partial charge in [0.05, 0.1) is 12.9 Å². The molecule has 0 aliphatic heterocycles. The summed E-state index contributed by atoms with van der Waals surface area (Å²) in [6, 6.07) is 10.8. The van der Waals surface area contributed by atoms with Crippen LogP contribution in [-0.4, -0.2) is 40.3 Å². The predicted molar refractivity (Wildman–Crippen MR) is 110 cm³/mol. The van der Waals surface area contributed by atoms with Gasteiger partial charge in [-0.3, -0.25) is 9.52 Å². The molecule has 0 radical (unpaired) electrons. The molecule has 0 atom stereocenters. The number of nitrogens with one attached hydrogen (secondary N) is 2. The average Bonchev–Trinajstić information content (AvgIpc) is 2.67. The minimum Gasteiger partial charge on any atom is -0.493 e. The van der Waals surface area contributed by atoms with Crippen LogP contribution in [-0.2, 0) is 16.4 Å². The monoisotopic (exact) mass is 442 g/mol. The maximum atomic E-state index is 12.5. The summed E-state index contributed by atoms with van der Waals surface area (Å²) in [4.78, 5) is 12.4. The Bertz CT molecular complexity index is 967. The Hall–Kier alpha value is -2.88. The van der Waals surface area contributed by atoms with E-state index in [1.54, 1.807) is 31.2 Å². The van der Waals surface area contributed by atoms with Crippen LogP contribution < -0.4 is 19.5 Å². The van der Waals surface area contributed by atoms with E-state index in [0.717, 1.165) is 0 Å². The van der Waals surface area contributed by atoms with Crippen LogP contribution >= 0.6 is 0 Å². The van der Waals surface area contributed by atoms with E-state index in [2.05, 4.69) is 14.8 Å².